The van der Waals surface area contributed by atoms with Crippen molar-refractivity contribution in [2.24, 2.45) is 5.73 Å². The van der Waals surface area contributed by atoms with Crippen LogP contribution in [-0.4, -0.2) is 51.0 Å². The molecular weight excluding hydrogens is 431 g/mol. The highest BCUT2D eigenvalue weighted by Crippen LogP contribution is 2.36. The number of aryl methyl sites for hydroxylation is 1. The smallest absolute Gasteiger partial charge is 0.423 e. The van der Waals surface area contributed by atoms with Gasteiger partial charge in [-0.25, -0.2) is 9.97 Å². The van der Waals surface area contributed by atoms with Crippen LogP contribution in [0.15, 0.2) is 48.7 Å². The maximum Gasteiger partial charge on any atom is 0.488 e. The molecule has 34 heavy (non-hydrogen) atoms. The van der Waals surface area contributed by atoms with E-state index in [1.54, 1.807) is 30.3 Å². The van der Waals surface area contributed by atoms with Crippen molar-refractivity contribution in [3.63, 3.8) is 0 Å². The van der Waals surface area contributed by atoms with Crippen molar-refractivity contribution in [1.82, 2.24) is 14.4 Å². The van der Waals surface area contributed by atoms with Crippen LogP contribution in [0.3, 0.4) is 0 Å². The van der Waals surface area contributed by atoms with E-state index in [4.69, 9.17) is 15.7 Å². The van der Waals surface area contributed by atoms with Gasteiger partial charge in [0.1, 0.15) is 5.69 Å². The number of primary amides is 1. The van der Waals surface area contributed by atoms with Crippen LogP contribution < -0.4 is 21.4 Å². The molecule has 0 saturated heterocycles. The van der Waals surface area contributed by atoms with Crippen molar-refractivity contribution in [2.45, 2.75) is 19.9 Å². The maximum absolute atomic E-state index is 11.9. The molecule has 1 aromatic carbocycles. The number of rotatable bonds is 6. The molecule has 0 bridgehead atoms. The first-order valence-corrected chi connectivity index (χ1v) is 11.0. The van der Waals surface area contributed by atoms with E-state index in [2.05, 4.69) is 10.2 Å². The lowest BCUT2D eigenvalue weighted by Gasteiger charge is -2.18. The second kappa shape index (κ2) is 8.47. The van der Waals surface area contributed by atoms with Crippen LogP contribution >= 0.6 is 0 Å². The van der Waals surface area contributed by atoms with Gasteiger partial charge in [0.15, 0.2) is 11.6 Å². The number of pyridine rings is 1. The molecule has 0 saturated carbocycles. The number of nitrogens with two attached hydrogens (primary N) is 1. The Hall–Kier alpha value is -3.89. The Bertz CT molecular complexity index is 1420. The van der Waals surface area contributed by atoms with Gasteiger partial charge >= 0.3 is 7.12 Å². The van der Waals surface area contributed by atoms with Crippen molar-refractivity contribution in [2.75, 3.05) is 23.8 Å². The molecule has 4 heterocycles. The van der Waals surface area contributed by atoms with E-state index in [1.165, 1.54) is 0 Å². The standard InChI is InChI=1S/C24H25BN6O3/c1-14-11-19-17(22(26)32)7-4-9-31(19)20(14)24-28-18-8-10-30(2)21(18)23(29-24)27-13-15-5-3-6-16(12-15)25(33)34/h3-7,9,11-12,33-34H,8,10,13H2,1-2H3,(H2,26,32)(H,27,28,29). The number of hydrogen-bond acceptors (Lipinski definition) is 7. The number of nitrogens with zero attached hydrogens (tertiary/aromatic N) is 4. The molecule has 0 aliphatic carbocycles. The van der Waals surface area contributed by atoms with Crippen LogP contribution in [0.5, 0.6) is 0 Å². The van der Waals surface area contributed by atoms with Gasteiger partial charge in [-0.05, 0) is 41.7 Å². The number of hydrogen-bond donors (Lipinski definition) is 4. The highest BCUT2D eigenvalue weighted by Gasteiger charge is 2.26. The summed E-state index contributed by atoms with van der Waals surface area (Å²) in [6, 6.07) is 12.6. The quantitative estimate of drug-likeness (QED) is 0.320. The Balaban J connectivity index is 1.58. The average Bonchev–Trinajstić information content (AvgIpc) is 3.36. The molecule has 0 fully saturated rings. The fourth-order valence-electron chi connectivity index (χ4n) is 4.56. The third kappa shape index (κ3) is 3.76. The summed E-state index contributed by atoms with van der Waals surface area (Å²) < 4.78 is 1.91. The summed E-state index contributed by atoms with van der Waals surface area (Å²) >= 11 is 0. The topological polar surface area (TPSA) is 129 Å². The second-order valence-corrected chi connectivity index (χ2v) is 8.55. The Kier molecular flexibility index (Phi) is 5.47. The van der Waals surface area contributed by atoms with E-state index in [9.17, 15) is 14.8 Å². The van der Waals surface area contributed by atoms with Crippen LogP contribution in [0.2, 0.25) is 0 Å². The zero-order valence-electron chi connectivity index (χ0n) is 19.0. The minimum absolute atomic E-state index is 0.436. The van der Waals surface area contributed by atoms with Crippen molar-refractivity contribution >= 4 is 35.5 Å². The number of benzene rings is 1. The lowest BCUT2D eigenvalue weighted by molar-refractivity contribution is 0.100. The van der Waals surface area contributed by atoms with Gasteiger partial charge in [-0.1, -0.05) is 24.3 Å². The molecule has 0 atom stereocenters. The molecule has 5 N–H and O–H groups in total. The number of nitrogens with one attached hydrogen (secondary N) is 1. The fraction of sp³-hybridized carbons (Fsp3) is 0.208. The van der Waals surface area contributed by atoms with Gasteiger partial charge in [-0.15, -0.1) is 0 Å². The number of anilines is 2. The zero-order chi connectivity index (χ0) is 24.0. The predicted octanol–water partition coefficient (Wildman–Crippen LogP) is 1.09. The number of amides is 1. The molecule has 0 unspecified atom stereocenters. The van der Waals surface area contributed by atoms with E-state index in [0.717, 1.165) is 46.7 Å². The SMILES string of the molecule is Cc1cc2c(C(N)=O)cccn2c1-c1nc2c(c(NCc3cccc(B(O)O)c3)n1)N(C)CC2. The minimum atomic E-state index is -1.52. The molecule has 4 aromatic rings. The Labute approximate surface area is 197 Å². The normalized spacial score (nSPS) is 12.8. The number of fused-ring (bicyclic) bond motifs is 2. The van der Waals surface area contributed by atoms with Gasteiger partial charge in [0.05, 0.1) is 22.5 Å². The van der Waals surface area contributed by atoms with Crippen molar-refractivity contribution in [3.05, 3.63) is 71.0 Å². The monoisotopic (exact) mass is 456 g/mol. The van der Waals surface area contributed by atoms with Gasteiger partial charge in [-0.3, -0.25) is 4.79 Å². The molecule has 0 radical (unpaired) electrons. The molecule has 9 nitrogen and oxygen atoms in total. The zero-order valence-corrected chi connectivity index (χ0v) is 19.0. The molecule has 1 aliphatic rings. The summed E-state index contributed by atoms with van der Waals surface area (Å²) in [5.74, 6) is 0.786. The first-order valence-electron chi connectivity index (χ1n) is 11.0. The molecule has 0 spiro atoms. The largest absolute Gasteiger partial charge is 0.488 e. The number of carbonyl (C=O) groups is 1. The van der Waals surface area contributed by atoms with Gasteiger partial charge in [0.2, 0.25) is 0 Å². The molecule has 172 valence electrons. The third-order valence-corrected chi connectivity index (χ3v) is 6.21. The van der Waals surface area contributed by atoms with Crippen LogP contribution in [-0.2, 0) is 13.0 Å². The van der Waals surface area contributed by atoms with Crippen molar-refractivity contribution < 1.29 is 14.8 Å². The number of likely N-dealkylation sites (N-methyl/N-ethyl adjacent to an activating group) is 1. The van der Waals surface area contributed by atoms with E-state index < -0.39 is 13.0 Å². The van der Waals surface area contributed by atoms with Crippen molar-refractivity contribution in [3.8, 4) is 11.5 Å². The molecule has 5 rings (SSSR count). The molecule has 3 aromatic heterocycles. The van der Waals surface area contributed by atoms with Crippen molar-refractivity contribution in [1.29, 1.82) is 0 Å². The maximum atomic E-state index is 11.9. The number of carbonyl (C=O) groups excluding carboxylic acids is 1. The summed E-state index contributed by atoms with van der Waals surface area (Å²) in [7, 11) is 0.497. The molecule has 1 amide bonds. The molecule has 1 aliphatic heterocycles. The third-order valence-electron chi connectivity index (χ3n) is 6.21. The molecule has 10 heteroatoms. The number of aromatic nitrogens is 3. The van der Waals surface area contributed by atoms with E-state index >= 15 is 0 Å². The Morgan fingerprint density at radius 2 is 2.03 bits per heavy atom. The van der Waals surface area contributed by atoms with Gasteiger partial charge in [0, 0.05) is 32.8 Å². The van der Waals surface area contributed by atoms with Gasteiger partial charge in [0.25, 0.3) is 5.91 Å². The van der Waals surface area contributed by atoms with E-state index in [0.29, 0.717) is 29.2 Å². The summed E-state index contributed by atoms with van der Waals surface area (Å²) in [6.07, 6.45) is 2.68. The highest BCUT2D eigenvalue weighted by atomic mass is 16.4. The van der Waals surface area contributed by atoms with E-state index in [-0.39, 0.29) is 0 Å². The minimum Gasteiger partial charge on any atom is -0.423 e. The van der Waals surface area contributed by atoms with Gasteiger partial charge in [-0.2, -0.15) is 0 Å². The summed E-state index contributed by atoms with van der Waals surface area (Å²) in [5, 5.41) is 22.4. The van der Waals surface area contributed by atoms with E-state index in [1.807, 2.05) is 36.7 Å². The van der Waals surface area contributed by atoms with Crippen LogP contribution in [0, 0.1) is 6.92 Å². The first kappa shape index (κ1) is 21.9. The summed E-state index contributed by atoms with van der Waals surface area (Å²) in [6.45, 7) is 3.26. The van der Waals surface area contributed by atoms with Crippen LogP contribution in [0.25, 0.3) is 17.0 Å². The molecular formula is C24H25BN6O3. The summed E-state index contributed by atoms with van der Waals surface area (Å²) in [5.41, 5.74) is 11.7. The lowest BCUT2D eigenvalue weighted by Crippen LogP contribution is -2.30. The van der Waals surface area contributed by atoms with Crippen LogP contribution in [0.1, 0.15) is 27.2 Å². The van der Waals surface area contributed by atoms with Crippen LogP contribution in [0.4, 0.5) is 11.5 Å². The Morgan fingerprint density at radius 3 is 2.79 bits per heavy atom. The predicted molar refractivity (Wildman–Crippen MR) is 132 cm³/mol. The van der Waals surface area contributed by atoms with Gasteiger partial charge < -0.3 is 30.4 Å². The Morgan fingerprint density at radius 1 is 1.21 bits per heavy atom. The average molecular weight is 456 g/mol. The first-order chi connectivity index (χ1) is 16.3. The fourth-order valence-corrected chi connectivity index (χ4v) is 4.56. The highest BCUT2D eigenvalue weighted by molar-refractivity contribution is 6.58. The second-order valence-electron chi connectivity index (χ2n) is 8.55. The summed E-state index contributed by atoms with van der Waals surface area (Å²) in [4.78, 5) is 23.8. The lowest BCUT2D eigenvalue weighted by atomic mass is 9.80.